The van der Waals surface area contributed by atoms with Crippen LogP contribution in [-0.4, -0.2) is 17.8 Å². The maximum atomic E-state index is 12.8. The van der Waals surface area contributed by atoms with Crippen molar-refractivity contribution in [1.82, 2.24) is 0 Å². The zero-order valence-corrected chi connectivity index (χ0v) is 9.86. The number of hydrogen-bond acceptors (Lipinski definition) is 1. The molecule has 1 saturated carbocycles. The molecule has 0 spiro atoms. The van der Waals surface area contributed by atoms with Gasteiger partial charge >= 0.3 is 0 Å². The van der Waals surface area contributed by atoms with E-state index in [-0.39, 0.29) is 5.41 Å². The predicted octanol–water partition coefficient (Wildman–Crippen LogP) is 3.49. The van der Waals surface area contributed by atoms with Gasteiger partial charge in [0.05, 0.1) is 0 Å². The van der Waals surface area contributed by atoms with E-state index in [9.17, 15) is 4.39 Å². The fourth-order valence-corrected chi connectivity index (χ4v) is 2.04. The molecule has 0 amide bonds. The quantitative estimate of drug-likeness (QED) is 0.630. The molecular weight excluding hydrogens is 233 g/mol. The average molecular weight is 248 g/mol. The third kappa shape index (κ3) is 2.39. The number of allylic oxidation sites excluding steroid dienone is 2. The van der Waals surface area contributed by atoms with Crippen LogP contribution in [0, 0.1) is 5.41 Å². The van der Waals surface area contributed by atoms with Crippen LogP contribution in [0.15, 0.2) is 16.6 Å². The van der Waals surface area contributed by atoms with Crippen LogP contribution in [0.4, 0.5) is 4.39 Å². The lowest BCUT2D eigenvalue weighted by Crippen LogP contribution is -2.11. The molecule has 0 aromatic heterocycles. The normalized spacial score (nSPS) is 29.9. The minimum absolute atomic E-state index is 0.0763. The molecule has 1 atom stereocenters. The fourth-order valence-electron chi connectivity index (χ4n) is 1.77. The molecule has 0 heterocycles. The van der Waals surface area contributed by atoms with Crippen molar-refractivity contribution in [3.05, 3.63) is 11.6 Å². The average Bonchev–Trinajstić information content (AvgIpc) is 2.27. The number of aliphatic imine (C=N–C) groups is 1. The van der Waals surface area contributed by atoms with Crippen molar-refractivity contribution in [1.29, 1.82) is 0 Å². The second-order valence-corrected chi connectivity index (χ2v) is 4.84. The molecule has 1 fully saturated rings. The topological polar surface area (TPSA) is 12.4 Å². The molecular formula is C10H15BrFN. The van der Waals surface area contributed by atoms with Gasteiger partial charge < -0.3 is 0 Å². The van der Waals surface area contributed by atoms with E-state index < -0.39 is 5.08 Å². The molecule has 3 heteroatoms. The van der Waals surface area contributed by atoms with Crippen LogP contribution in [0.5, 0.6) is 0 Å². The Labute approximate surface area is 87.3 Å². The van der Waals surface area contributed by atoms with E-state index in [0.717, 1.165) is 24.1 Å². The van der Waals surface area contributed by atoms with Gasteiger partial charge in [0, 0.05) is 12.8 Å². The summed E-state index contributed by atoms with van der Waals surface area (Å²) in [5.74, 6) is 0. The summed E-state index contributed by atoms with van der Waals surface area (Å²) in [7, 11) is 1.77. The standard InChI is InChI=1S/C10H15BrFN/c1-10(2)5-4-8(13-3)7(10)6-9(11)12/h6,9H,4-5H2,1-3H3/b7-6+,13-8-. The van der Waals surface area contributed by atoms with Gasteiger partial charge in [0.25, 0.3) is 0 Å². The van der Waals surface area contributed by atoms with Gasteiger partial charge in [-0.25, -0.2) is 4.39 Å². The Hall–Kier alpha value is -0.180. The molecule has 0 saturated heterocycles. The van der Waals surface area contributed by atoms with Crippen molar-refractivity contribution < 1.29 is 4.39 Å². The number of alkyl halides is 2. The van der Waals surface area contributed by atoms with Crippen LogP contribution in [0.25, 0.3) is 0 Å². The number of rotatable bonds is 1. The van der Waals surface area contributed by atoms with Crippen LogP contribution < -0.4 is 0 Å². The zero-order chi connectivity index (χ0) is 10.1. The zero-order valence-electron chi connectivity index (χ0n) is 8.27. The molecule has 1 unspecified atom stereocenters. The van der Waals surface area contributed by atoms with Gasteiger partial charge in [-0.3, -0.25) is 4.99 Å². The summed E-state index contributed by atoms with van der Waals surface area (Å²) in [5, 5.41) is -1.06. The van der Waals surface area contributed by atoms with E-state index in [0.29, 0.717) is 0 Å². The lowest BCUT2D eigenvalue weighted by Gasteiger charge is -2.19. The smallest absolute Gasteiger partial charge is 0.173 e. The van der Waals surface area contributed by atoms with Crippen LogP contribution >= 0.6 is 15.9 Å². The molecule has 0 aromatic rings. The van der Waals surface area contributed by atoms with Crippen LogP contribution in [0.2, 0.25) is 0 Å². The predicted molar refractivity (Wildman–Crippen MR) is 58.3 cm³/mol. The van der Waals surface area contributed by atoms with Gasteiger partial charge in [-0.1, -0.05) is 13.8 Å². The Morgan fingerprint density at radius 1 is 1.62 bits per heavy atom. The van der Waals surface area contributed by atoms with Gasteiger partial charge in [-0.15, -0.1) is 0 Å². The first kappa shape index (κ1) is 10.9. The number of nitrogens with zero attached hydrogens (tertiary/aromatic N) is 1. The molecule has 13 heavy (non-hydrogen) atoms. The molecule has 0 aromatic carbocycles. The Bertz CT molecular complexity index is 254. The van der Waals surface area contributed by atoms with Crippen molar-refractivity contribution in [3.8, 4) is 0 Å². The minimum Gasteiger partial charge on any atom is -0.293 e. The van der Waals surface area contributed by atoms with E-state index in [1.54, 1.807) is 13.1 Å². The summed E-state index contributed by atoms with van der Waals surface area (Å²) in [6, 6.07) is 0. The summed E-state index contributed by atoms with van der Waals surface area (Å²) < 4.78 is 12.8. The Morgan fingerprint density at radius 2 is 2.23 bits per heavy atom. The second-order valence-electron chi connectivity index (χ2n) is 3.97. The van der Waals surface area contributed by atoms with E-state index in [2.05, 4.69) is 34.8 Å². The Kier molecular flexibility index (Phi) is 3.28. The monoisotopic (exact) mass is 247 g/mol. The number of hydrogen-bond donors (Lipinski definition) is 0. The van der Waals surface area contributed by atoms with Crippen molar-refractivity contribution in [2.75, 3.05) is 7.05 Å². The third-order valence-corrected chi connectivity index (χ3v) is 2.85. The molecule has 1 aliphatic carbocycles. The van der Waals surface area contributed by atoms with Gasteiger partial charge in [0.15, 0.2) is 5.08 Å². The summed E-state index contributed by atoms with van der Waals surface area (Å²) in [5.41, 5.74) is 2.18. The highest BCUT2D eigenvalue weighted by molar-refractivity contribution is 9.09. The molecule has 0 aliphatic heterocycles. The first-order chi connectivity index (χ1) is 5.97. The lowest BCUT2D eigenvalue weighted by atomic mass is 9.86. The highest BCUT2D eigenvalue weighted by Gasteiger charge is 2.33. The number of halogens is 2. The van der Waals surface area contributed by atoms with Crippen molar-refractivity contribution >= 4 is 21.6 Å². The molecule has 1 nitrogen and oxygen atoms in total. The van der Waals surface area contributed by atoms with E-state index in [4.69, 9.17) is 0 Å². The van der Waals surface area contributed by atoms with Gasteiger partial charge in [-0.2, -0.15) is 0 Å². The summed E-state index contributed by atoms with van der Waals surface area (Å²) in [6.45, 7) is 4.26. The fraction of sp³-hybridized carbons (Fsp3) is 0.700. The second kappa shape index (κ2) is 3.91. The summed E-state index contributed by atoms with van der Waals surface area (Å²) in [4.78, 5) is 4.18. The highest BCUT2D eigenvalue weighted by Crippen LogP contribution is 2.40. The third-order valence-electron chi connectivity index (χ3n) is 2.59. The maximum Gasteiger partial charge on any atom is 0.173 e. The van der Waals surface area contributed by atoms with E-state index >= 15 is 0 Å². The van der Waals surface area contributed by atoms with Gasteiger partial charge in [0.1, 0.15) is 0 Å². The van der Waals surface area contributed by atoms with E-state index in [1.807, 2.05) is 0 Å². The molecule has 0 radical (unpaired) electrons. The molecule has 0 N–H and O–H groups in total. The van der Waals surface area contributed by atoms with Gasteiger partial charge in [0.2, 0.25) is 0 Å². The van der Waals surface area contributed by atoms with Crippen molar-refractivity contribution in [2.45, 2.75) is 31.8 Å². The van der Waals surface area contributed by atoms with Crippen LogP contribution in [-0.2, 0) is 0 Å². The highest BCUT2D eigenvalue weighted by atomic mass is 79.9. The molecule has 1 aliphatic rings. The molecule has 1 rings (SSSR count). The van der Waals surface area contributed by atoms with Crippen molar-refractivity contribution in [3.63, 3.8) is 0 Å². The van der Waals surface area contributed by atoms with Crippen LogP contribution in [0.1, 0.15) is 26.7 Å². The lowest BCUT2D eigenvalue weighted by molar-refractivity contribution is 0.452. The first-order valence-electron chi connectivity index (χ1n) is 4.44. The summed E-state index contributed by atoms with van der Waals surface area (Å²) in [6.07, 6.45) is 3.65. The Morgan fingerprint density at radius 3 is 2.69 bits per heavy atom. The molecule has 0 bridgehead atoms. The van der Waals surface area contributed by atoms with Gasteiger partial charge in [-0.05, 0) is 45.8 Å². The van der Waals surface area contributed by atoms with Crippen molar-refractivity contribution in [2.24, 2.45) is 10.4 Å². The SMILES string of the molecule is C/N=C1/CCC(C)(C)/C1=C/C(F)Br. The Balaban J connectivity index is 3.01. The largest absolute Gasteiger partial charge is 0.293 e. The van der Waals surface area contributed by atoms with E-state index in [1.165, 1.54) is 0 Å². The van der Waals surface area contributed by atoms with Crippen LogP contribution in [0.3, 0.4) is 0 Å². The first-order valence-corrected chi connectivity index (χ1v) is 5.35. The summed E-state index contributed by atoms with van der Waals surface area (Å²) >= 11 is 2.89. The minimum atomic E-state index is -1.06. The molecule has 74 valence electrons. The maximum absolute atomic E-state index is 12.8.